The molecule has 0 bridgehead atoms. The third-order valence-corrected chi connectivity index (χ3v) is 5.24. The monoisotopic (exact) mass is 447 g/mol. The van der Waals surface area contributed by atoms with E-state index in [4.69, 9.17) is 11.6 Å². The smallest absolute Gasteiger partial charge is 0.254 e. The topological polar surface area (TPSA) is 64.0 Å². The number of amides is 1. The number of rotatable bonds is 7. The van der Waals surface area contributed by atoms with Crippen LogP contribution in [0.15, 0.2) is 91.5 Å². The maximum absolute atomic E-state index is 14.8. The van der Waals surface area contributed by atoms with Crippen LogP contribution in [-0.2, 0) is 6.54 Å². The molecule has 0 saturated heterocycles. The van der Waals surface area contributed by atoms with Crippen LogP contribution < -0.4 is 5.32 Å². The lowest BCUT2D eigenvalue weighted by atomic mass is 10.0. The van der Waals surface area contributed by atoms with Gasteiger partial charge in [-0.1, -0.05) is 60.1 Å². The van der Waals surface area contributed by atoms with Crippen molar-refractivity contribution in [3.05, 3.63) is 113 Å². The number of hydrogen-bond donors (Lipinski definition) is 1. The molecule has 0 aliphatic carbocycles. The van der Waals surface area contributed by atoms with Crippen molar-refractivity contribution >= 4 is 23.3 Å². The Hall–Kier alpha value is -3.77. The van der Waals surface area contributed by atoms with E-state index in [2.05, 4.69) is 10.3 Å². The van der Waals surface area contributed by atoms with Crippen molar-refractivity contribution in [3.8, 4) is 11.1 Å². The number of carbonyl (C=O) groups excluding carboxylic acids is 2. The van der Waals surface area contributed by atoms with Gasteiger partial charge in [-0.15, -0.1) is 0 Å². The molecule has 1 N–H and O–H groups in total. The average Bonchev–Trinajstić information content (AvgIpc) is 3.32. The van der Waals surface area contributed by atoms with E-state index in [-0.39, 0.29) is 17.9 Å². The summed E-state index contributed by atoms with van der Waals surface area (Å²) in [5, 5.41) is 3.08. The van der Waals surface area contributed by atoms with Gasteiger partial charge in [-0.3, -0.25) is 9.59 Å². The summed E-state index contributed by atoms with van der Waals surface area (Å²) < 4.78 is 16.5. The van der Waals surface area contributed by atoms with E-state index in [0.29, 0.717) is 16.1 Å². The number of nitrogens with zero attached hydrogens (tertiary/aromatic N) is 2. The minimum atomic E-state index is -0.941. The molecule has 32 heavy (non-hydrogen) atoms. The quantitative estimate of drug-likeness (QED) is 0.404. The first kappa shape index (κ1) is 21.5. The summed E-state index contributed by atoms with van der Waals surface area (Å²) in [6, 6.07) is 19.3. The van der Waals surface area contributed by atoms with Gasteiger partial charge in [-0.2, -0.15) is 0 Å². The Labute approximate surface area is 189 Å². The van der Waals surface area contributed by atoms with Gasteiger partial charge < -0.3 is 9.88 Å². The van der Waals surface area contributed by atoms with Crippen LogP contribution in [-0.4, -0.2) is 27.3 Å². The molecule has 0 fully saturated rings. The SMILES string of the molecule is O=C(NC(Cn1ccnc1)C(=O)c1cccc(Cl)c1)c1ccc(-c2ccccc2)cc1F. The Kier molecular flexibility index (Phi) is 6.42. The van der Waals surface area contributed by atoms with Crippen molar-refractivity contribution in [2.24, 2.45) is 0 Å². The van der Waals surface area contributed by atoms with Crippen LogP contribution in [0.5, 0.6) is 0 Å². The summed E-state index contributed by atoms with van der Waals surface area (Å²) in [4.78, 5) is 30.0. The second-order valence-electron chi connectivity index (χ2n) is 7.22. The van der Waals surface area contributed by atoms with Gasteiger partial charge in [0.05, 0.1) is 18.4 Å². The molecule has 0 aliphatic heterocycles. The highest BCUT2D eigenvalue weighted by Crippen LogP contribution is 2.22. The van der Waals surface area contributed by atoms with Crippen molar-refractivity contribution in [1.29, 1.82) is 0 Å². The maximum Gasteiger partial charge on any atom is 0.254 e. The fourth-order valence-electron chi connectivity index (χ4n) is 3.39. The minimum Gasteiger partial charge on any atom is -0.340 e. The van der Waals surface area contributed by atoms with Gasteiger partial charge in [-0.05, 0) is 35.4 Å². The second kappa shape index (κ2) is 9.58. The van der Waals surface area contributed by atoms with Crippen molar-refractivity contribution in [2.75, 3.05) is 0 Å². The zero-order valence-corrected chi connectivity index (χ0v) is 17.7. The summed E-state index contributed by atoms with van der Waals surface area (Å²) in [7, 11) is 0. The zero-order chi connectivity index (χ0) is 22.5. The third-order valence-electron chi connectivity index (χ3n) is 5.00. The van der Waals surface area contributed by atoms with Crippen molar-refractivity contribution in [3.63, 3.8) is 0 Å². The van der Waals surface area contributed by atoms with Crippen LogP contribution in [0.25, 0.3) is 11.1 Å². The number of hydrogen-bond acceptors (Lipinski definition) is 3. The van der Waals surface area contributed by atoms with E-state index >= 15 is 0 Å². The lowest BCUT2D eigenvalue weighted by Gasteiger charge is -2.19. The largest absolute Gasteiger partial charge is 0.340 e. The van der Waals surface area contributed by atoms with Crippen molar-refractivity contribution in [2.45, 2.75) is 12.6 Å². The van der Waals surface area contributed by atoms with Gasteiger partial charge in [0.25, 0.3) is 5.91 Å². The molecule has 4 aromatic rings. The summed E-state index contributed by atoms with van der Waals surface area (Å²) in [6.07, 6.45) is 4.80. The van der Waals surface area contributed by atoms with E-state index in [9.17, 15) is 14.0 Å². The number of halogens is 2. The molecule has 4 rings (SSSR count). The first-order valence-electron chi connectivity index (χ1n) is 9.92. The molecule has 1 atom stereocenters. The van der Waals surface area contributed by atoms with Gasteiger partial charge in [0.15, 0.2) is 5.78 Å². The molecule has 0 aliphatic rings. The molecule has 0 spiro atoms. The Morgan fingerprint density at radius 1 is 1.00 bits per heavy atom. The summed E-state index contributed by atoms with van der Waals surface area (Å²) >= 11 is 6.02. The standard InChI is InChI=1S/C25H19ClFN3O2/c26-20-8-4-7-19(13-20)24(31)23(15-30-12-11-28-16-30)29-25(32)21-10-9-18(14-22(21)27)17-5-2-1-3-6-17/h1-14,16,23H,15H2,(H,29,32). The molecule has 1 aromatic heterocycles. The molecular weight excluding hydrogens is 429 g/mol. The average molecular weight is 448 g/mol. The highest BCUT2D eigenvalue weighted by atomic mass is 35.5. The number of carbonyl (C=O) groups is 2. The summed E-state index contributed by atoms with van der Waals surface area (Å²) in [5.74, 6) is -1.68. The molecule has 1 unspecified atom stereocenters. The van der Waals surface area contributed by atoms with E-state index < -0.39 is 17.8 Å². The van der Waals surface area contributed by atoms with Crippen LogP contribution >= 0.6 is 11.6 Å². The number of nitrogens with one attached hydrogen (secondary N) is 1. The van der Waals surface area contributed by atoms with Crippen LogP contribution in [0.1, 0.15) is 20.7 Å². The van der Waals surface area contributed by atoms with E-state index in [1.54, 1.807) is 47.6 Å². The van der Waals surface area contributed by atoms with Crippen LogP contribution in [0.3, 0.4) is 0 Å². The van der Waals surface area contributed by atoms with E-state index in [1.165, 1.54) is 18.2 Å². The molecule has 5 nitrogen and oxygen atoms in total. The number of Topliss-reactive ketones (excluding diaryl/α,β-unsaturated/α-hetero) is 1. The Balaban J connectivity index is 1.59. The Morgan fingerprint density at radius 2 is 1.81 bits per heavy atom. The van der Waals surface area contributed by atoms with Gasteiger partial charge in [0, 0.05) is 23.0 Å². The third kappa shape index (κ3) is 4.92. The predicted molar refractivity (Wildman–Crippen MR) is 121 cm³/mol. The van der Waals surface area contributed by atoms with Gasteiger partial charge >= 0.3 is 0 Å². The van der Waals surface area contributed by atoms with E-state index in [0.717, 1.165) is 5.56 Å². The predicted octanol–water partition coefficient (Wildman–Crippen LogP) is 5.02. The van der Waals surface area contributed by atoms with Gasteiger partial charge in [-0.25, -0.2) is 9.37 Å². The van der Waals surface area contributed by atoms with Crippen LogP contribution in [0, 0.1) is 5.82 Å². The molecule has 160 valence electrons. The number of imidazole rings is 1. The van der Waals surface area contributed by atoms with Crippen LogP contribution in [0.2, 0.25) is 5.02 Å². The molecule has 3 aromatic carbocycles. The molecule has 1 amide bonds. The molecular formula is C25H19ClFN3O2. The summed E-state index contributed by atoms with van der Waals surface area (Å²) in [5.41, 5.74) is 1.71. The normalized spacial score (nSPS) is 11.7. The van der Waals surface area contributed by atoms with E-state index in [1.807, 2.05) is 30.3 Å². The molecule has 0 saturated carbocycles. The first-order chi connectivity index (χ1) is 15.5. The first-order valence-corrected chi connectivity index (χ1v) is 10.3. The van der Waals surface area contributed by atoms with Crippen molar-refractivity contribution < 1.29 is 14.0 Å². The molecule has 1 heterocycles. The maximum atomic E-state index is 14.8. The fourth-order valence-corrected chi connectivity index (χ4v) is 3.58. The van der Waals surface area contributed by atoms with Gasteiger partial charge in [0.2, 0.25) is 0 Å². The minimum absolute atomic E-state index is 0.140. The molecule has 0 radical (unpaired) electrons. The molecule has 7 heteroatoms. The zero-order valence-electron chi connectivity index (χ0n) is 16.9. The number of benzene rings is 3. The number of ketones is 1. The van der Waals surface area contributed by atoms with Crippen LogP contribution in [0.4, 0.5) is 4.39 Å². The number of aromatic nitrogens is 2. The Morgan fingerprint density at radius 3 is 2.50 bits per heavy atom. The highest BCUT2D eigenvalue weighted by Gasteiger charge is 2.25. The van der Waals surface area contributed by atoms with Gasteiger partial charge in [0.1, 0.15) is 11.9 Å². The Bertz CT molecular complexity index is 1240. The fraction of sp³-hybridized carbons (Fsp3) is 0.0800. The second-order valence-corrected chi connectivity index (χ2v) is 7.66. The van der Waals surface area contributed by atoms with Crippen molar-refractivity contribution in [1.82, 2.24) is 14.9 Å². The lowest BCUT2D eigenvalue weighted by Crippen LogP contribution is -2.44. The lowest BCUT2D eigenvalue weighted by molar-refractivity contribution is 0.0845. The summed E-state index contributed by atoms with van der Waals surface area (Å²) in [6.45, 7) is 0.140. The highest BCUT2D eigenvalue weighted by molar-refractivity contribution is 6.31.